The van der Waals surface area contributed by atoms with Gasteiger partial charge in [-0.25, -0.2) is 9.78 Å². The Labute approximate surface area is 226 Å². The fourth-order valence-corrected chi connectivity index (χ4v) is 4.91. The van der Waals surface area contributed by atoms with Crippen LogP contribution in [0.2, 0.25) is 10.0 Å². The van der Waals surface area contributed by atoms with Crippen LogP contribution < -0.4 is 10.9 Å². The molecule has 1 heterocycles. The number of fused-ring (bicyclic) bond motifs is 1. The lowest BCUT2D eigenvalue weighted by molar-refractivity contribution is 0.179. The molecule has 2 amide bonds. The van der Waals surface area contributed by atoms with Gasteiger partial charge in [0.15, 0.2) is 0 Å². The number of hydrogen-bond acceptors (Lipinski definition) is 3. The van der Waals surface area contributed by atoms with E-state index in [1.165, 1.54) is 0 Å². The number of anilines is 1. The number of aromatic nitrogens is 2. The molecular formula is C29H30Cl2N4O2. The van der Waals surface area contributed by atoms with Crippen LogP contribution in [0.3, 0.4) is 0 Å². The first-order valence-electron chi connectivity index (χ1n) is 12.5. The minimum atomic E-state index is -0.458. The highest BCUT2D eigenvalue weighted by atomic mass is 35.5. The SMILES string of the molecule is CCCCCN(C(=O)Nc1ccc(Cl)cc1Cl)C(CC)c1nc2ccccc2c(=O)n1-c1ccccc1. The van der Waals surface area contributed by atoms with Crippen LogP contribution in [0.25, 0.3) is 16.6 Å². The molecule has 0 saturated heterocycles. The van der Waals surface area contributed by atoms with Crippen LogP contribution in [0, 0.1) is 0 Å². The number of unbranched alkanes of at least 4 members (excludes halogenated alkanes) is 2. The number of amides is 2. The monoisotopic (exact) mass is 536 g/mol. The summed E-state index contributed by atoms with van der Waals surface area (Å²) in [5.41, 5.74) is 1.61. The number of hydrogen-bond donors (Lipinski definition) is 1. The molecule has 3 aromatic carbocycles. The first kappa shape index (κ1) is 26.7. The van der Waals surface area contributed by atoms with Gasteiger partial charge in [0.05, 0.1) is 33.3 Å². The van der Waals surface area contributed by atoms with Gasteiger partial charge in [-0.05, 0) is 55.3 Å². The summed E-state index contributed by atoms with van der Waals surface area (Å²) in [5.74, 6) is 0.520. The molecule has 0 spiro atoms. The van der Waals surface area contributed by atoms with Gasteiger partial charge < -0.3 is 10.2 Å². The van der Waals surface area contributed by atoms with Gasteiger partial charge in [0.1, 0.15) is 5.82 Å². The van der Waals surface area contributed by atoms with Crippen LogP contribution in [0.5, 0.6) is 0 Å². The second-order valence-corrected chi connectivity index (χ2v) is 9.69. The minimum Gasteiger partial charge on any atom is -0.314 e. The van der Waals surface area contributed by atoms with Gasteiger partial charge in [-0.15, -0.1) is 0 Å². The number of para-hydroxylation sites is 2. The van der Waals surface area contributed by atoms with Gasteiger partial charge in [-0.1, -0.05) is 80.2 Å². The van der Waals surface area contributed by atoms with E-state index >= 15 is 0 Å². The zero-order chi connectivity index (χ0) is 26.4. The van der Waals surface area contributed by atoms with E-state index in [1.54, 1.807) is 33.7 Å². The number of nitrogens with one attached hydrogen (secondary N) is 1. The fourth-order valence-electron chi connectivity index (χ4n) is 4.45. The lowest BCUT2D eigenvalue weighted by Gasteiger charge is -2.32. The molecule has 0 aliphatic heterocycles. The second kappa shape index (κ2) is 12.3. The largest absolute Gasteiger partial charge is 0.322 e. The standard InChI is InChI=1S/C29H30Cl2N4O2/c1-3-5-11-18-34(29(37)33-25-17-16-20(30)19-23(25)31)26(4-2)27-32-24-15-10-9-14-22(24)28(36)35(27)21-12-7-6-8-13-21/h6-10,12-17,19,26H,3-5,11,18H2,1-2H3,(H,33,37). The summed E-state index contributed by atoms with van der Waals surface area (Å²) >= 11 is 12.4. The van der Waals surface area contributed by atoms with Crippen LogP contribution in [0.15, 0.2) is 77.6 Å². The Morgan fingerprint density at radius 1 is 1.00 bits per heavy atom. The van der Waals surface area contributed by atoms with Crippen molar-refractivity contribution < 1.29 is 4.79 Å². The summed E-state index contributed by atoms with van der Waals surface area (Å²) in [6.07, 6.45) is 3.36. The number of benzene rings is 3. The van der Waals surface area contributed by atoms with E-state index < -0.39 is 6.04 Å². The van der Waals surface area contributed by atoms with Gasteiger partial charge in [-0.3, -0.25) is 9.36 Å². The molecule has 4 aromatic rings. The summed E-state index contributed by atoms with van der Waals surface area (Å²) in [5, 5.41) is 4.31. The number of rotatable bonds is 9. The van der Waals surface area contributed by atoms with Crippen molar-refractivity contribution in [1.29, 1.82) is 0 Å². The molecule has 0 bridgehead atoms. The highest BCUT2D eigenvalue weighted by Gasteiger charge is 2.29. The smallest absolute Gasteiger partial charge is 0.314 e. The molecule has 0 saturated carbocycles. The Balaban J connectivity index is 1.84. The van der Waals surface area contributed by atoms with Crippen molar-refractivity contribution in [2.75, 3.05) is 11.9 Å². The first-order valence-corrected chi connectivity index (χ1v) is 13.3. The highest BCUT2D eigenvalue weighted by molar-refractivity contribution is 6.36. The molecule has 0 aliphatic carbocycles. The molecule has 0 aliphatic rings. The molecule has 0 radical (unpaired) electrons. The maximum Gasteiger partial charge on any atom is 0.322 e. The van der Waals surface area contributed by atoms with E-state index in [2.05, 4.69) is 12.2 Å². The van der Waals surface area contributed by atoms with Crippen molar-refractivity contribution in [3.63, 3.8) is 0 Å². The first-order chi connectivity index (χ1) is 17.9. The van der Waals surface area contributed by atoms with Crippen molar-refractivity contribution in [3.8, 4) is 5.69 Å². The molecular weight excluding hydrogens is 507 g/mol. The normalized spacial score (nSPS) is 11.9. The van der Waals surface area contributed by atoms with Crippen molar-refractivity contribution in [2.45, 2.75) is 45.6 Å². The third-order valence-electron chi connectivity index (χ3n) is 6.31. The van der Waals surface area contributed by atoms with E-state index in [-0.39, 0.29) is 11.6 Å². The average Bonchev–Trinajstić information content (AvgIpc) is 2.90. The van der Waals surface area contributed by atoms with E-state index in [4.69, 9.17) is 28.2 Å². The molecule has 37 heavy (non-hydrogen) atoms. The van der Waals surface area contributed by atoms with E-state index in [1.807, 2.05) is 55.5 Å². The lowest BCUT2D eigenvalue weighted by Crippen LogP contribution is -2.41. The third kappa shape index (κ3) is 5.97. The summed E-state index contributed by atoms with van der Waals surface area (Å²) in [7, 11) is 0. The molecule has 1 aromatic heterocycles. The third-order valence-corrected chi connectivity index (χ3v) is 6.86. The zero-order valence-electron chi connectivity index (χ0n) is 21.0. The molecule has 8 heteroatoms. The Morgan fingerprint density at radius 2 is 1.73 bits per heavy atom. The number of carbonyl (C=O) groups is 1. The Kier molecular flexibility index (Phi) is 8.85. The van der Waals surface area contributed by atoms with Gasteiger partial charge in [0.2, 0.25) is 0 Å². The summed E-state index contributed by atoms with van der Waals surface area (Å²) in [6, 6.07) is 20.9. The second-order valence-electron chi connectivity index (χ2n) is 8.84. The molecule has 192 valence electrons. The zero-order valence-corrected chi connectivity index (χ0v) is 22.5. The highest BCUT2D eigenvalue weighted by Crippen LogP contribution is 2.29. The Morgan fingerprint density at radius 3 is 2.43 bits per heavy atom. The van der Waals surface area contributed by atoms with E-state index in [0.717, 1.165) is 19.3 Å². The maximum absolute atomic E-state index is 13.8. The van der Waals surface area contributed by atoms with Crippen molar-refractivity contribution in [1.82, 2.24) is 14.5 Å². The van der Waals surface area contributed by atoms with Crippen molar-refractivity contribution in [3.05, 3.63) is 99.0 Å². The van der Waals surface area contributed by atoms with Gasteiger partial charge in [-0.2, -0.15) is 0 Å². The Hall–Kier alpha value is -3.35. The predicted molar refractivity (Wildman–Crippen MR) is 152 cm³/mol. The molecule has 1 unspecified atom stereocenters. The van der Waals surface area contributed by atoms with Crippen LogP contribution in [-0.4, -0.2) is 27.0 Å². The molecule has 0 fully saturated rings. The Bertz CT molecular complexity index is 1440. The van der Waals surface area contributed by atoms with Crippen LogP contribution >= 0.6 is 23.2 Å². The topological polar surface area (TPSA) is 67.2 Å². The van der Waals surface area contributed by atoms with Gasteiger partial charge in [0, 0.05) is 11.6 Å². The number of urea groups is 1. The number of nitrogens with zero attached hydrogens (tertiary/aromatic N) is 3. The predicted octanol–water partition coefficient (Wildman–Crippen LogP) is 7.87. The minimum absolute atomic E-state index is 0.167. The summed E-state index contributed by atoms with van der Waals surface area (Å²) in [6.45, 7) is 4.62. The van der Waals surface area contributed by atoms with Gasteiger partial charge in [0.25, 0.3) is 5.56 Å². The van der Waals surface area contributed by atoms with E-state index in [9.17, 15) is 9.59 Å². The molecule has 6 nitrogen and oxygen atoms in total. The maximum atomic E-state index is 13.8. The summed E-state index contributed by atoms with van der Waals surface area (Å²) < 4.78 is 1.63. The average molecular weight is 537 g/mol. The molecule has 4 rings (SSSR count). The van der Waals surface area contributed by atoms with Crippen LogP contribution in [-0.2, 0) is 0 Å². The number of carbonyl (C=O) groups excluding carboxylic acids is 1. The quantitative estimate of drug-likeness (QED) is 0.221. The fraction of sp³-hybridized carbons (Fsp3) is 0.276. The number of halogens is 2. The van der Waals surface area contributed by atoms with E-state index in [0.29, 0.717) is 51.1 Å². The molecule has 1 atom stereocenters. The van der Waals surface area contributed by atoms with Crippen LogP contribution in [0.4, 0.5) is 10.5 Å². The summed E-state index contributed by atoms with van der Waals surface area (Å²) in [4.78, 5) is 34.2. The van der Waals surface area contributed by atoms with Crippen LogP contribution in [0.1, 0.15) is 51.4 Å². The van der Waals surface area contributed by atoms with Crippen molar-refractivity contribution in [2.24, 2.45) is 0 Å². The lowest BCUT2D eigenvalue weighted by atomic mass is 10.1. The van der Waals surface area contributed by atoms with Crippen molar-refractivity contribution >= 4 is 45.8 Å². The molecule has 1 N–H and O–H groups in total. The van der Waals surface area contributed by atoms with Gasteiger partial charge >= 0.3 is 6.03 Å².